The normalized spacial score (nSPS) is 10.8. The summed E-state index contributed by atoms with van der Waals surface area (Å²) in [6, 6.07) is 9.95. The van der Waals surface area contributed by atoms with Gasteiger partial charge in [-0.1, -0.05) is 5.11 Å². The summed E-state index contributed by atoms with van der Waals surface area (Å²) < 4.78 is 3.82. The second-order valence-electron chi connectivity index (χ2n) is 4.87. The summed E-state index contributed by atoms with van der Waals surface area (Å²) in [7, 11) is 5.83. The van der Waals surface area contributed by atoms with Gasteiger partial charge in [0.05, 0.1) is 39.0 Å². The molecule has 0 spiro atoms. The third-order valence-corrected chi connectivity index (χ3v) is 3.25. The number of aryl methyl sites for hydroxylation is 2. The third kappa shape index (κ3) is 3.66. The molecular weight excluding hydrogens is 264 g/mol. The highest BCUT2D eigenvalue weighted by atomic mass is 15.3. The first-order valence-electron chi connectivity index (χ1n) is 6.72. The van der Waals surface area contributed by atoms with Crippen LogP contribution in [-0.4, -0.2) is 18.2 Å². The maximum atomic E-state index is 8.60. The van der Waals surface area contributed by atoms with Crippen molar-refractivity contribution in [3.8, 4) is 6.07 Å². The number of hydrogen-bond donors (Lipinski definition) is 0. The van der Waals surface area contributed by atoms with Crippen molar-refractivity contribution in [1.82, 2.24) is 4.57 Å². The number of imidazole rings is 1. The molecule has 1 aromatic carbocycles. The molecular formula is C15H19N6+. The van der Waals surface area contributed by atoms with E-state index in [0.29, 0.717) is 6.42 Å². The first-order chi connectivity index (χ1) is 10.1. The van der Waals surface area contributed by atoms with Gasteiger partial charge in [-0.2, -0.15) is 5.26 Å². The monoisotopic (exact) mass is 283 g/mol. The predicted molar refractivity (Wildman–Crippen MR) is 80.7 cm³/mol. The molecule has 0 fully saturated rings. The molecule has 0 amide bonds. The molecule has 0 saturated carbocycles. The van der Waals surface area contributed by atoms with Crippen molar-refractivity contribution in [3.05, 3.63) is 36.7 Å². The van der Waals surface area contributed by atoms with E-state index in [9.17, 15) is 0 Å². The molecule has 0 bridgehead atoms. The number of nitrogens with zero attached hydrogens (tertiary/aromatic N) is 6. The van der Waals surface area contributed by atoms with E-state index in [2.05, 4.69) is 16.3 Å². The molecule has 0 saturated heterocycles. The fourth-order valence-electron chi connectivity index (χ4n) is 1.95. The molecule has 108 valence electrons. The van der Waals surface area contributed by atoms with Crippen LogP contribution in [0.1, 0.15) is 6.42 Å². The molecule has 1 aromatic heterocycles. The van der Waals surface area contributed by atoms with Gasteiger partial charge in [0.25, 0.3) is 0 Å². The lowest BCUT2D eigenvalue weighted by Crippen LogP contribution is -2.25. The topological polar surface area (TPSA) is 60.6 Å². The van der Waals surface area contributed by atoms with E-state index in [-0.39, 0.29) is 0 Å². The zero-order valence-corrected chi connectivity index (χ0v) is 12.6. The highest BCUT2D eigenvalue weighted by Crippen LogP contribution is 2.20. The van der Waals surface area contributed by atoms with Gasteiger partial charge in [0.15, 0.2) is 0 Å². The predicted octanol–water partition coefficient (Wildman–Crippen LogP) is 2.61. The molecule has 0 aliphatic rings. The number of benzene rings is 1. The molecule has 0 N–H and O–H groups in total. The van der Waals surface area contributed by atoms with Crippen molar-refractivity contribution in [2.75, 3.05) is 18.5 Å². The number of nitriles is 1. The van der Waals surface area contributed by atoms with Gasteiger partial charge in [-0.15, -0.1) is 0 Å². The Morgan fingerprint density at radius 2 is 2.00 bits per heavy atom. The van der Waals surface area contributed by atoms with Gasteiger partial charge in [0, 0.05) is 24.4 Å². The summed E-state index contributed by atoms with van der Waals surface area (Å²) in [5.41, 5.74) is 1.86. The van der Waals surface area contributed by atoms with E-state index in [1.807, 2.05) is 71.8 Å². The molecule has 0 radical (unpaired) electrons. The summed E-state index contributed by atoms with van der Waals surface area (Å²) in [5.74, 6) is 0.783. The van der Waals surface area contributed by atoms with E-state index in [1.54, 1.807) is 0 Å². The lowest BCUT2D eigenvalue weighted by atomic mass is 10.2. The average Bonchev–Trinajstić information content (AvgIpc) is 2.82. The zero-order chi connectivity index (χ0) is 15.2. The van der Waals surface area contributed by atoms with Gasteiger partial charge in [0.2, 0.25) is 0 Å². The van der Waals surface area contributed by atoms with Crippen LogP contribution in [0.4, 0.5) is 17.3 Å². The van der Waals surface area contributed by atoms with Crippen LogP contribution in [-0.2, 0) is 14.1 Å². The lowest BCUT2D eigenvalue weighted by Gasteiger charge is -2.17. The molecule has 1 heterocycles. The van der Waals surface area contributed by atoms with Crippen LogP contribution < -0.4 is 9.47 Å². The minimum atomic E-state index is 0.516. The van der Waals surface area contributed by atoms with Crippen LogP contribution in [0.15, 0.2) is 46.9 Å². The summed E-state index contributed by atoms with van der Waals surface area (Å²) in [5, 5.41) is 17.1. The summed E-state index contributed by atoms with van der Waals surface area (Å²) in [4.78, 5) is 2.04. The Morgan fingerprint density at radius 1 is 1.29 bits per heavy atom. The van der Waals surface area contributed by atoms with E-state index >= 15 is 0 Å². The quantitative estimate of drug-likeness (QED) is 0.625. The number of aromatic nitrogens is 2. The van der Waals surface area contributed by atoms with Gasteiger partial charge in [-0.25, -0.2) is 9.13 Å². The van der Waals surface area contributed by atoms with Crippen LogP contribution in [0.2, 0.25) is 0 Å². The smallest absolute Gasteiger partial charge is 0.374 e. The first kappa shape index (κ1) is 14.7. The summed E-state index contributed by atoms with van der Waals surface area (Å²) in [6.45, 7) is 0.719. The van der Waals surface area contributed by atoms with E-state index in [1.165, 1.54) is 0 Å². The molecule has 6 nitrogen and oxygen atoms in total. The highest BCUT2D eigenvalue weighted by Gasteiger charge is 2.10. The fourth-order valence-corrected chi connectivity index (χ4v) is 1.95. The molecule has 2 rings (SSSR count). The number of rotatable bonds is 5. The fraction of sp³-hybridized carbons (Fsp3) is 0.333. The Balaban J connectivity index is 2.08. The zero-order valence-electron chi connectivity index (χ0n) is 12.6. The third-order valence-electron chi connectivity index (χ3n) is 3.25. The maximum Gasteiger partial charge on any atom is 0.421 e. The molecule has 0 aliphatic heterocycles. The SMILES string of the molecule is CN(CCC#N)c1ccc(N=Nc2n(C)cc[n+]2C)cc1. The van der Waals surface area contributed by atoms with Crippen LogP contribution in [0.25, 0.3) is 0 Å². The Bertz CT molecular complexity index is 643. The minimum Gasteiger partial charge on any atom is -0.374 e. The van der Waals surface area contributed by atoms with Crippen LogP contribution >= 0.6 is 0 Å². The number of azo groups is 1. The second-order valence-corrected chi connectivity index (χ2v) is 4.87. The molecule has 0 atom stereocenters. The molecule has 21 heavy (non-hydrogen) atoms. The van der Waals surface area contributed by atoms with Crippen molar-refractivity contribution in [2.45, 2.75) is 6.42 Å². The van der Waals surface area contributed by atoms with E-state index in [0.717, 1.165) is 23.9 Å². The number of hydrogen-bond acceptors (Lipinski definition) is 4. The van der Waals surface area contributed by atoms with Gasteiger partial charge in [0.1, 0.15) is 5.69 Å². The maximum absolute atomic E-state index is 8.60. The van der Waals surface area contributed by atoms with Crippen LogP contribution in [0.5, 0.6) is 0 Å². The van der Waals surface area contributed by atoms with Gasteiger partial charge in [-0.3, -0.25) is 0 Å². The van der Waals surface area contributed by atoms with E-state index in [4.69, 9.17) is 5.26 Å². The van der Waals surface area contributed by atoms with Gasteiger partial charge in [-0.05, 0) is 24.3 Å². The standard InChI is InChI=1S/C15H19N6/c1-19(10-4-9-16)14-7-5-13(6-8-14)17-18-15-20(2)11-12-21(15)3/h5-8,11-12H,4,10H2,1-3H3/q+1. The lowest BCUT2D eigenvalue weighted by molar-refractivity contribution is -0.657. The molecule has 6 heteroatoms. The minimum absolute atomic E-state index is 0.516. The molecule has 2 aromatic rings. The Kier molecular flexibility index (Phi) is 4.67. The van der Waals surface area contributed by atoms with Gasteiger partial charge < -0.3 is 4.90 Å². The van der Waals surface area contributed by atoms with Crippen molar-refractivity contribution < 1.29 is 4.57 Å². The summed E-state index contributed by atoms with van der Waals surface area (Å²) in [6.07, 6.45) is 4.38. The Labute approximate surface area is 124 Å². The highest BCUT2D eigenvalue weighted by molar-refractivity contribution is 5.52. The molecule has 0 unspecified atom stereocenters. The van der Waals surface area contributed by atoms with Crippen LogP contribution in [0, 0.1) is 11.3 Å². The van der Waals surface area contributed by atoms with E-state index < -0.39 is 0 Å². The summed E-state index contributed by atoms with van der Waals surface area (Å²) >= 11 is 0. The van der Waals surface area contributed by atoms with Crippen molar-refractivity contribution >= 4 is 17.3 Å². The van der Waals surface area contributed by atoms with Crippen molar-refractivity contribution in [2.24, 2.45) is 24.3 Å². The largest absolute Gasteiger partial charge is 0.421 e. The van der Waals surface area contributed by atoms with Gasteiger partial charge >= 0.3 is 5.95 Å². The first-order valence-corrected chi connectivity index (χ1v) is 6.72. The van der Waals surface area contributed by atoms with Crippen molar-refractivity contribution in [3.63, 3.8) is 0 Å². The average molecular weight is 283 g/mol. The Morgan fingerprint density at radius 3 is 2.57 bits per heavy atom. The van der Waals surface area contributed by atoms with Crippen LogP contribution in [0.3, 0.4) is 0 Å². The van der Waals surface area contributed by atoms with Crippen molar-refractivity contribution in [1.29, 1.82) is 5.26 Å². The molecule has 0 aliphatic carbocycles. The Hall–Kier alpha value is -2.68. The number of anilines is 1. The second kappa shape index (κ2) is 6.66.